The fourth-order valence-electron chi connectivity index (χ4n) is 3.01. The largest absolute Gasteiger partial charge is 0.360 e. The van der Waals surface area contributed by atoms with Crippen molar-refractivity contribution in [2.24, 2.45) is 5.92 Å². The molecule has 1 amide bonds. The van der Waals surface area contributed by atoms with E-state index >= 15 is 0 Å². The van der Waals surface area contributed by atoms with E-state index in [1.807, 2.05) is 4.90 Å². The minimum absolute atomic E-state index is 0.166. The Bertz CT molecular complexity index is 340. The standard InChI is InChI=1S/C14H25N3OS/c1-11-5-3-4-6-13(11)15-14(19)17-9-7-16(8-10-17)12(2)18/h11,13H,3-10H2,1-2H3,(H,15,19)/t11-,13+/m1/s1. The summed E-state index contributed by atoms with van der Waals surface area (Å²) >= 11 is 5.52. The van der Waals surface area contributed by atoms with Gasteiger partial charge in [-0.15, -0.1) is 0 Å². The number of carbonyl (C=O) groups is 1. The molecule has 1 saturated carbocycles. The highest BCUT2D eigenvalue weighted by atomic mass is 32.1. The molecule has 1 aliphatic heterocycles. The molecule has 0 bridgehead atoms. The zero-order valence-electron chi connectivity index (χ0n) is 12.0. The van der Waals surface area contributed by atoms with Gasteiger partial charge < -0.3 is 15.1 Å². The molecule has 0 aromatic rings. The van der Waals surface area contributed by atoms with Crippen LogP contribution in [0.15, 0.2) is 0 Å². The molecule has 1 saturated heterocycles. The van der Waals surface area contributed by atoms with Gasteiger partial charge in [-0.2, -0.15) is 0 Å². The van der Waals surface area contributed by atoms with E-state index in [2.05, 4.69) is 17.1 Å². The van der Waals surface area contributed by atoms with E-state index in [1.165, 1.54) is 25.7 Å². The maximum atomic E-state index is 11.3. The van der Waals surface area contributed by atoms with Crippen molar-refractivity contribution >= 4 is 23.2 Å². The Hall–Kier alpha value is -0.840. The van der Waals surface area contributed by atoms with Gasteiger partial charge in [0.1, 0.15) is 0 Å². The summed E-state index contributed by atoms with van der Waals surface area (Å²) < 4.78 is 0. The van der Waals surface area contributed by atoms with Gasteiger partial charge in [0.15, 0.2) is 5.11 Å². The van der Waals surface area contributed by atoms with Crippen LogP contribution in [0.3, 0.4) is 0 Å². The van der Waals surface area contributed by atoms with Crippen LogP contribution in [0.2, 0.25) is 0 Å². The topological polar surface area (TPSA) is 35.6 Å². The lowest BCUT2D eigenvalue weighted by Crippen LogP contribution is -2.55. The number of hydrogen-bond donors (Lipinski definition) is 1. The first-order chi connectivity index (χ1) is 9.08. The van der Waals surface area contributed by atoms with Crippen molar-refractivity contribution in [3.63, 3.8) is 0 Å². The maximum Gasteiger partial charge on any atom is 0.219 e. The number of thiocarbonyl (C=S) groups is 1. The summed E-state index contributed by atoms with van der Waals surface area (Å²) in [5.41, 5.74) is 0. The fraction of sp³-hybridized carbons (Fsp3) is 0.857. The molecule has 0 radical (unpaired) electrons. The number of amides is 1. The van der Waals surface area contributed by atoms with Crippen molar-refractivity contribution in [1.82, 2.24) is 15.1 Å². The van der Waals surface area contributed by atoms with Crippen LogP contribution in [0.4, 0.5) is 0 Å². The van der Waals surface area contributed by atoms with E-state index in [4.69, 9.17) is 12.2 Å². The summed E-state index contributed by atoms with van der Waals surface area (Å²) in [6, 6.07) is 0.534. The fourth-order valence-corrected chi connectivity index (χ4v) is 3.34. The number of nitrogens with zero attached hydrogens (tertiary/aromatic N) is 2. The molecule has 2 atom stereocenters. The van der Waals surface area contributed by atoms with Gasteiger partial charge in [-0.05, 0) is 31.0 Å². The molecular formula is C14H25N3OS. The van der Waals surface area contributed by atoms with Crippen molar-refractivity contribution in [3.05, 3.63) is 0 Å². The molecule has 1 heterocycles. The van der Waals surface area contributed by atoms with Gasteiger partial charge in [-0.1, -0.05) is 19.8 Å². The second-order valence-electron chi connectivity index (χ2n) is 5.81. The highest BCUT2D eigenvalue weighted by Crippen LogP contribution is 2.23. The third-order valence-corrected chi connectivity index (χ3v) is 4.81. The van der Waals surface area contributed by atoms with Crippen LogP contribution in [-0.4, -0.2) is 53.0 Å². The third kappa shape index (κ3) is 3.81. The molecule has 0 spiro atoms. The minimum Gasteiger partial charge on any atom is -0.360 e. The molecule has 0 aromatic carbocycles. The summed E-state index contributed by atoms with van der Waals surface area (Å²) in [4.78, 5) is 15.4. The van der Waals surface area contributed by atoms with E-state index in [1.54, 1.807) is 6.92 Å². The van der Waals surface area contributed by atoms with Crippen LogP contribution in [0.5, 0.6) is 0 Å². The van der Waals surface area contributed by atoms with Gasteiger partial charge in [-0.25, -0.2) is 0 Å². The molecule has 1 N–H and O–H groups in total. The second-order valence-corrected chi connectivity index (χ2v) is 6.20. The average Bonchev–Trinajstić information content (AvgIpc) is 2.41. The number of rotatable bonds is 1. The van der Waals surface area contributed by atoms with Crippen molar-refractivity contribution in [3.8, 4) is 0 Å². The Morgan fingerprint density at radius 2 is 1.68 bits per heavy atom. The number of piperazine rings is 1. The van der Waals surface area contributed by atoms with Crippen LogP contribution in [0.1, 0.15) is 39.5 Å². The van der Waals surface area contributed by atoms with E-state index in [0.717, 1.165) is 31.3 Å². The quantitative estimate of drug-likeness (QED) is 0.742. The maximum absolute atomic E-state index is 11.3. The summed E-state index contributed by atoms with van der Waals surface area (Å²) in [6.07, 6.45) is 5.19. The molecule has 5 heteroatoms. The number of nitrogens with one attached hydrogen (secondary N) is 1. The highest BCUT2D eigenvalue weighted by Gasteiger charge is 2.25. The Kier molecular flexibility index (Phi) is 5.02. The zero-order valence-corrected chi connectivity index (χ0v) is 12.8. The smallest absolute Gasteiger partial charge is 0.219 e. The average molecular weight is 283 g/mol. The van der Waals surface area contributed by atoms with Crippen LogP contribution >= 0.6 is 12.2 Å². The van der Waals surface area contributed by atoms with Gasteiger partial charge in [-0.3, -0.25) is 4.79 Å². The Balaban J connectivity index is 1.79. The summed E-state index contributed by atoms with van der Waals surface area (Å²) in [6.45, 7) is 7.23. The summed E-state index contributed by atoms with van der Waals surface area (Å²) in [7, 11) is 0. The van der Waals surface area contributed by atoms with Gasteiger partial charge in [0.05, 0.1) is 0 Å². The van der Waals surface area contributed by atoms with Gasteiger partial charge in [0.2, 0.25) is 5.91 Å². The lowest BCUT2D eigenvalue weighted by molar-refractivity contribution is -0.130. The van der Waals surface area contributed by atoms with E-state index < -0.39 is 0 Å². The zero-order chi connectivity index (χ0) is 13.8. The number of carbonyl (C=O) groups excluding carboxylic acids is 1. The lowest BCUT2D eigenvalue weighted by Gasteiger charge is -2.38. The van der Waals surface area contributed by atoms with E-state index in [0.29, 0.717) is 12.0 Å². The molecule has 0 aromatic heterocycles. The van der Waals surface area contributed by atoms with Crippen molar-refractivity contribution in [1.29, 1.82) is 0 Å². The summed E-state index contributed by atoms with van der Waals surface area (Å²) in [5, 5.41) is 4.41. The van der Waals surface area contributed by atoms with Crippen LogP contribution < -0.4 is 5.32 Å². The molecule has 2 fully saturated rings. The van der Waals surface area contributed by atoms with Gasteiger partial charge >= 0.3 is 0 Å². The molecule has 2 aliphatic rings. The van der Waals surface area contributed by atoms with Crippen molar-refractivity contribution in [2.75, 3.05) is 26.2 Å². The molecule has 1 aliphatic carbocycles. The Morgan fingerprint density at radius 1 is 1.11 bits per heavy atom. The SMILES string of the molecule is CC(=O)N1CCN(C(=S)N[C@H]2CCCC[C@H]2C)CC1. The van der Waals surface area contributed by atoms with Crippen LogP contribution in [0.25, 0.3) is 0 Å². The van der Waals surface area contributed by atoms with E-state index in [9.17, 15) is 4.79 Å². The van der Waals surface area contributed by atoms with Gasteiger partial charge in [0.25, 0.3) is 0 Å². The molecule has 108 valence electrons. The first-order valence-corrected chi connectivity index (χ1v) is 7.79. The van der Waals surface area contributed by atoms with Gasteiger partial charge in [0, 0.05) is 39.1 Å². The first kappa shape index (κ1) is 14.6. The number of hydrogen-bond acceptors (Lipinski definition) is 2. The van der Waals surface area contributed by atoms with Crippen molar-refractivity contribution in [2.45, 2.75) is 45.6 Å². The normalized spacial score (nSPS) is 28.1. The van der Waals surface area contributed by atoms with Crippen LogP contribution in [0, 0.1) is 5.92 Å². The Labute approximate surface area is 121 Å². The monoisotopic (exact) mass is 283 g/mol. The predicted octanol–water partition coefficient (Wildman–Crippen LogP) is 1.60. The van der Waals surface area contributed by atoms with Crippen LogP contribution in [-0.2, 0) is 4.79 Å². The summed E-state index contributed by atoms with van der Waals surface area (Å²) in [5.74, 6) is 0.879. The molecule has 4 nitrogen and oxygen atoms in total. The second kappa shape index (κ2) is 6.55. The van der Waals surface area contributed by atoms with Crippen molar-refractivity contribution < 1.29 is 4.79 Å². The molecular weight excluding hydrogens is 258 g/mol. The molecule has 19 heavy (non-hydrogen) atoms. The predicted molar refractivity (Wildman–Crippen MR) is 81.0 cm³/mol. The lowest BCUT2D eigenvalue weighted by atomic mass is 9.86. The first-order valence-electron chi connectivity index (χ1n) is 7.39. The highest BCUT2D eigenvalue weighted by molar-refractivity contribution is 7.80. The third-order valence-electron chi connectivity index (χ3n) is 4.43. The molecule has 2 rings (SSSR count). The van der Waals surface area contributed by atoms with E-state index in [-0.39, 0.29) is 5.91 Å². The Morgan fingerprint density at radius 3 is 2.26 bits per heavy atom. The molecule has 0 unspecified atom stereocenters. The minimum atomic E-state index is 0.166.